The molecule has 0 saturated carbocycles. The van der Waals surface area contributed by atoms with Gasteiger partial charge in [-0.2, -0.15) is 5.10 Å². The normalized spacial score (nSPS) is 17.7. The first-order valence-electron chi connectivity index (χ1n) is 20.1. The van der Waals surface area contributed by atoms with Crippen molar-refractivity contribution in [3.63, 3.8) is 0 Å². The highest BCUT2D eigenvalue weighted by Crippen LogP contribution is 2.37. The summed E-state index contributed by atoms with van der Waals surface area (Å²) in [6.45, 7) is 3.48. The molecule has 2 aromatic heterocycles. The van der Waals surface area contributed by atoms with Crippen LogP contribution in [-0.4, -0.2) is 67.3 Å². The molecule has 306 valence electrons. The van der Waals surface area contributed by atoms with E-state index in [4.69, 9.17) is 33.7 Å². The number of rotatable bonds is 15. The molecule has 2 saturated heterocycles. The summed E-state index contributed by atoms with van der Waals surface area (Å²) in [5.74, 6) is -0.713. The van der Waals surface area contributed by atoms with Crippen molar-refractivity contribution in [2.45, 2.75) is 109 Å². The van der Waals surface area contributed by atoms with Gasteiger partial charge < -0.3 is 20.3 Å². The van der Waals surface area contributed by atoms with E-state index < -0.39 is 23.9 Å². The maximum Gasteiger partial charge on any atom is 0.255 e. The Kier molecular flexibility index (Phi) is 13.0. The average molecular weight is 833 g/mol. The molecule has 2 aromatic carbocycles. The van der Waals surface area contributed by atoms with Crippen molar-refractivity contribution in [2.75, 3.05) is 18.8 Å². The molecule has 2 fully saturated rings. The van der Waals surface area contributed by atoms with Gasteiger partial charge in [0.25, 0.3) is 5.91 Å². The summed E-state index contributed by atoms with van der Waals surface area (Å²) >= 11 is 12.5. The summed E-state index contributed by atoms with van der Waals surface area (Å²) in [4.78, 5) is 58.1. The molecule has 0 spiro atoms. The molecule has 3 aliphatic heterocycles. The third-order valence-corrected chi connectivity index (χ3v) is 12.3. The van der Waals surface area contributed by atoms with Crippen molar-refractivity contribution in [3.05, 3.63) is 93.1 Å². The largest absolute Gasteiger partial charge is 0.482 e. The molecule has 0 radical (unpaired) electrons. The fourth-order valence-corrected chi connectivity index (χ4v) is 8.96. The van der Waals surface area contributed by atoms with Gasteiger partial charge in [0.1, 0.15) is 18.0 Å². The van der Waals surface area contributed by atoms with Gasteiger partial charge in [0, 0.05) is 72.1 Å². The van der Waals surface area contributed by atoms with Crippen molar-refractivity contribution in [2.24, 2.45) is 0 Å². The number of likely N-dealkylation sites (tertiary alicyclic amines) is 1. The summed E-state index contributed by atoms with van der Waals surface area (Å²) < 4.78 is 22.2. The van der Waals surface area contributed by atoms with Gasteiger partial charge in [-0.15, -0.1) is 0 Å². The molecular weight excluding hydrogens is 784 g/mol. The minimum atomic E-state index is -0.691. The first kappa shape index (κ1) is 41.2. The summed E-state index contributed by atoms with van der Waals surface area (Å²) in [6, 6.07) is 9.77. The number of hydrogen-bond donors (Lipinski definition) is 2. The maximum atomic E-state index is 14.1. The average Bonchev–Trinajstić information content (AvgIpc) is 3.84. The number of pyridine rings is 1. The van der Waals surface area contributed by atoms with Crippen molar-refractivity contribution >= 4 is 52.6 Å². The zero-order valence-electron chi connectivity index (χ0n) is 32.5. The van der Waals surface area contributed by atoms with Gasteiger partial charge in [-0.3, -0.25) is 29.2 Å². The van der Waals surface area contributed by atoms with Gasteiger partial charge in [-0.05, 0) is 80.8 Å². The molecule has 3 aliphatic rings. The number of anilines is 1. The Labute approximate surface area is 347 Å². The second-order valence-electron chi connectivity index (χ2n) is 15.4. The highest BCUT2D eigenvalue weighted by Gasteiger charge is 2.39. The standard InChI is InChI=1S/C43H48Cl2FN7O5/c1-26(39-33(44)13-14-34(46)40(39)45)58-36-21-28(22-48-41(36)47)29-23-49-53(24-29)30-17-19-51(20-18-30)38(55)12-7-5-3-2-4-6-9-27-10-8-11-31-32(27)25-52(43(31)57)35-15-16-37(54)50-42(35)56/h8,10-11,13-14,21-24,26,30,35H,2-7,9,12,15-20,25H2,1H3,(H2,47,48)(H,50,54,56)/t26-,35?/m1/s1. The lowest BCUT2D eigenvalue weighted by molar-refractivity contribution is -0.137. The lowest BCUT2D eigenvalue weighted by atomic mass is 9.98. The Balaban J connectivity index is 0.803. The number of aryl methyl sites for hydroxylation is 1. The number of benzene rings is 2. The molecular formula is C43H48Cl2FN7O5. The third kappa shape index (κ3) is 9.15. The molecule has 5 heterocycles. The molecule has 7 rings (SSSR count). The number of fused-ring (bicyclic) bond motifs is 1. The number of unbranched alkanes of at least 4 members (excludes halogenated alkanes) is 5. The van der Waals surface area contributed by atoms with Crippen LogP contribution in [-0.2, 0) is 27.3 Å². The Hall–Kier alpha value is -5.01. The van der Waals surface area contributed by atoms with E-state index in [2.05, 4.69) is 21.5 Å². The minimum Gasteiger partial charge on any atom is -0.482 e. The molecule has 12 nitrogen and oxygen atoms in total. The Morgan fingerprint density at radius 2 is 1.76 bits per heavy atom. The number of amides is 4. The summed E-state index contributed by atoms with van der Waals surface area (Å²) in [6.07, 6.45) is 14.4. The first-order valence-corrected chi connectivity index (χ1v) is 20.9. The van der Waals surface area contributed by atoms with Crippen LogP contribution < -0.4 is 15.8 Å². The van der Waals surface area contributed by atoms with Crippen LogP contribution in [0.3, 0.4) is 0 Å². The van der Waals surface area contributed by atoms with Crippen LogP contribution in [0.15, 0.2) is 55.0 Å². The lowest BCUT2D eigenvalue weighted by Gasteiger charge is -2.32. The lowest BCUT2D eigenvalue weighted by Crippen LogP contribution is -2.52. The maximum absolute atomic E-state index is 14.1. The number of ether oxygens (including phenoxy) is 1. The number of aromatic nitrogens is 3. The number of nitrogens with two attached hydrogens (primary N) is 1. The third-order valence-electron chi connectivity index (χ3n) is 11.6. The van der Waals surface area contributed by atoms with E-state index in [-0.39, 0.29) is 46.0 Å². The van der Waals surface area contributed by atoms with Crippen LogP contribution >= 0.6 is 23.2 Å². The molecule has 3 N–H and O–H groups in total. The molecule has 4 aromatic rings. The predicted octanol–water partition coefficient (Wildman–Crippen LogP) is 8.01. The molecule has 0 bridgehead atoms. The van der Waals surface area contributed by atoms with Crippen molar-refractivity contribution in [1.29, 1.82) is 0 Å². The monoisotopic (exact) mass is 831 g/mol. The van der Waals surface area contributed by atoms with Gasteiger partial charge in [0.2, 0.25) is 17.7 Å². The number of carbonyl (C=O) groups excluding carboxylic acids is 4. The van der Waals surface area contributed by atoms with Crippen LogP contribution in [0.2, 0.25) is 10.0 Å². The topological polar surface area (TPSA) is 153 Å². The van der Waals surface area contributed by atoms with Crippen LogP contribution in [0.5, 0.6) is 5.75 Å². The van der Waals surface area contributed by atoms with E-state index in [1.807, 2.05) is 27.9 Å². The first-order chi connectivity index (χ1) is 28.0. The molecule has 2 atom stereocenters. The van der Waals surface area contributed by atoms with Crippen molar-refractivity contribution in [3.8, 4) is 16.9 Å². The zero-order chi connectivity index (χ0) is 40.9. The second kappa shape index (κ2) is 18.3. The number of imide groups is 1. The molecule has 15 heteroatoms. The number of carbonyl (C=O) groups is 4. The smallest absolute Gasteiger partial charge is 0.255 e. The highest BCUT2D eigenvalue weighted by molar-refractivity contribution is 6.36. The van der Waals surface area contributed by atoms with Crippen LogP contribution in [0.1, 0.15) is 117 Å². The molecule has 58 heavy (non-hydrogen) atoms. The van der Waals surface area contributed by atoms with Crippen LogP contribution in [0, 0.1) is 5.82 Å². The number of nitrogen functional groups attached to an aromatic ring is 1. The second-order valence-corrected chi connectivity index (χ2v) is 16.2. The van der Waals surface area contributed by atoms with Crippen molar-refractivity contribution < 1.29 is 28.3 Å². The van der Waals surface area contributed by atoms with Crippen LogP contribution in [0.25, 0.3) is 11.1 Å². The van der Waals surface area contributed by atoms with E-state index in [1.165, 1.54) is 12.1 Å². The zero-order valence-corrected chi connectivity index (χ0v) is 34.0. The van der Waals surface area contributed by atoms with Gasteiger partial charge in [0.05, 0.1) is 17.3 Å². The number of nitrogens with one attached hydrogen (secondary N) is 1. The number of hydrogen-bond acceptors (Lipinski definition) is 8. The van der Waals surface area contributed by atoms with Crippen LogP contribution in [0.4, 0.5) is 10.2 Å². The quantitative estimate of drug-likeness (QED) is 0.0695. The van der Waals surface area contributed by atoms with Gasteiger partial charge in [0.15, 0.2) is 11.6 Å². The minimum absolute atomic E-state index is 0.103. The van der Waals surface area contributed by atoms with Gasteiger partial charge in [-0.1, -0.05) is 61.0 Å². The van der Waals surface area contributed by atoms with E-state index in [0.717, 1.165) is 80.0 Å². The Morgan fingerprint density at radius 1 is 1.00 bits per heavy atom. The summed E-state index contributed by atoms with van der Waals surface area (Å²) in [5.41, 5.74) is 10.9. The number of piperidine rings is 2. The SMILES string of the molecule is C[C@@H](Oc1cc(-c2cnn(C3CCN(C(=O)CCCCCCCCc4cccc5c4CN(C4CCC(=O)NC4=O)C5=O)CC3)c2)cnc1N)c1c(Cl)ccc(F)c1Cl. The van der Waals surface area contributed by atoms with Gasteiger partial charge >= 0.3 is 0 Å². The van der Waals surface area contributed by atoms with Crippen molar-refractivity contribution in [1.82, 2.24) is 29.9 Å². The molecule has 4 amide bonds. The molecule has 0 aliphatic carbocycles. The fourth-order valence-electron chi connectivity index (χ4n) is 8.28. The number of nitrogens with zero attached hydrogens (tertiary/aromatic N) is 5. The van der Waals surface area contributed by atoms with E-state index in [9.17, 15) is 23.6 Å². The summed E-state index contributed by atoms with van der Waals surface area (Å²) in [7, 11) is 0. The predicted molar refractivity (Wildman–Crippen MR) is 219 cm³/mol. The fraction of sp³-hybridized carbons (Fsp3) is 0.442. The van der Waals surface area contributed by atoms with E-state index in [1.54, 1.807) is 30.3 Å². The van der Waals surface area contributed by atoms with E-state index >= 15 is 0 Å². The summed E-state index contributed by atoms with van der Waals surface area (Å²) in [5, 5.41) is 7.18. The van der Waals surface area contributed by atoms with E-state index in [0.29, 0.717) is 49.4 Å². The van der Waals surface area contributed by atoms with Gasteiger partial charge in [-0.25, -0.2) is 9.37 Å². The number of halogens is 3. The highest BCUT2D eigenvalue weighted by atomic mass is 35.5. The molecule has 1 unspecified atom stereocenters. The Morgan fingerprint density at radius 3 is 2.53 bits per heavy atom. The Bertz CT molecular complexity index is 2190.